The first-order valence-electron chi connectivity index (χ1n) is 34.3. The largest absolute Gasteiger partial charge is 0.457 e. The highest BCUT2D eigenvalue weighted by atomic mass is 16.7. The summed E-state index contributed by atoms with van der Waals surface area (Å²) in [5.41, 5.74) is 15.1. The van der Waals surface area contributed by atoms with Gasteiger partial charge in [0.1, 0.15) is 46.0 Å². The van der Waals surface area contributed by atoms with Crippen molar-refractivity contribution in [3.63, 3.8) is 0 Å². The minimum Gasteiger partial charge on any atom is -0.457 e. The Kier molecular flexibility index (Phi) is 26.4. The number of hydrogen-bond donors (Lipinski definition) is 0. The lowest BCUT2D eigenvalue weighted by Gasteiger charge is -2.22. The Morgan fingerprint density at radius 2 is 0.560 bits per heavy atom. The van der Waals surface area contributed by atoms with Gasteiger partial charge in [-0.2, -0.15) is 0 Å². The summed E-state index contributed by atoms with van der Waals surface area (Å²) >= 11 is 0. The van der Waals surface area contributed by atoms with Gasteiger partial charge in [-0.15, -0.1) is 0 Å². The highest BCUT2D eigenvalue weighted by Gasteiger charge is 2.37. The van der Waals surface area contributed by atoms with Crippen LogP contribution in [-0.2, 0) is 62.7 Å². The maximum Gasteiger partial charge on any atom is 0.336 e. The van der Waals surface area contributed by atoms with Crippen molar-refractivity contribution in [2.24, 2.45) is 0 Å². The molecule has 8 aromatic rings. The van der Waals surface area contributed by atoms with Crippen LogP contribution in [0.4, 0.5) is 0 Å². The summed E-state index contributed by atoms with van der Waals surface area (Å²) in [7, 11) is 0. The topological polar surface area (TPSA) is 247 Å². The predicted octanol–water partition coefficient (Wildman–Crippen LogP) is 17.3. The summed E-state index contributed by atoms with van der Waals surface area (Å²) in [6, 6.07) is 43.2. The first-order valence-corrected chi connectivity index (χ1v) is 34.3. The Hall–Kier alpha value is -13.4. The number of rotatable bonds is 28. The molecule has 0 radical (unpaired) electrons. The maximum atomic E-state index is 12.8. The van der Waals surface area contributed by atoms with Crippen molar-refractivity contribution < 1.29 is 95.2 Å². The second-order valence-electron chi connectivity index (χ2n) is 26.2. The molecule has 0 fully saturated rings. The predicted molar refractivity (Wildman–Crippen MR) is 412 cm³/mol. The van der Waals surface area contributed by atoms with Gasteiger partial charge in [0, 0.05) is 57.9 Å². The zero-order chi connectivity index (χ0) is 78.8. The van der Waals surface area contributed by atoms with E-state index in [9.17, 15) is 38.4 Å². The van der Waals surface area contributed by atoms with Crippen molar-refractivity contribution in [1.82, 2.24) is 0 Å². The second kappa shape index (κ2) is 36.1. The van der Waals surface area contributed by atoms with Crippen molar-refractivity contribution in [2.45, 2.75) is 87.5 Å². The molecule has 0 saturated carbocycles. The molecule has 2 aliphatic rings. The monoisotopic (exact) mass is 1470 g/mol. The SMILES string of the molecule is C=C(C)C(=O)OCOc1ccc(C=CC(=O)Oc2ccc3c(c2)C(C)(C)c2cc(OC(=O)C=Cc4ccc(OCOC(=O)C(=C)C)cc4C)ccc2-3)c(C)c1.C=C(C)C(=O)OCOc1ccc(C=CC(=O)Oc2ccc3c(c2)C(C)c2cc(OC(=O)C=Cc4ccc(OCOC(=O)C(=C)C)cc4C)ccc2-3)c(C)c1. The lowest BCUT2D eigenvalue weighted by atomic mass is 9.82. The Labute approximate surface area is 632 Å². The van der Waals surface area contributed by atoms with E-state index in [1.54, 1.807) is 149 Å². The number of carbonyl (C=O) groups excluding carboxylic acids is 8. The van der Waals surface area contributed by atoms with E-state index in [0.29, 0.717) is 46.0 Å². The Morgan fingerprint density at radius 3 is 0.798 bits per heavy atom. The molecule has 20 heteroatoms. The van der Waals surface area contributed by atoms with Gasteiger partial charge in [0.05, 0.1) is 0 Å². The van der Waals surface area contributed by atoms with E-state index >= 15 is 0 Å². The van der Waals surface area contributed by atoms with E-state index < -0.39 is 53.2 Å². The van der Waals surface area contributed by atoms with Crippen molar-refractivity contribution in [2.75, 3.05) is 27.2 Å². The highest BCUT2D eigenvalue weighted by Crippen LogP contribution is 2.51. The third-order valence-electron chi connectivity index (χ3n) is 17.4. The molecule has 10 rings (SSSR count). The summed E-state index contributed by atoms with van der Waals surface area (Å²) in [6.07, 6.45) is 12.1. The van der Waals surface area contributed by atoms with Crippen molar-refractivity contribution in [1.29, 1.82) is 0 Å². The summed E-state index contributed by atoms with van der Waals surface area (Å²) in [5, 5.41) is 0. The minimum absolute atomic E-state index is 0.0428. The van der Waals surface area contributed by atoms with Gasteiger partial charge in [-0.1, -0.05) is 95.6 Å². The summed E-state index contributed by atoms with van der Waals surface area (Å²) < 4.78 is 64.4. The third-order valence-corrected chi connectivity index (χ3v) is 17.4. The van der Waals surface area contributed by atoms with Crippen molar-refractivity contribution in [3.05, 3.63) is 285 Å². The number of aryl methyl sites for hydroxylation is 4. The van der Waals surface area contributed by atoms with Crippen molar-refractivity contribution >= 4 is 72.1 Å². The number of fused-ring (bicyclic) bond motifs is 6. The smallest absolute Gasteiger partial charge is 0.336 e. The normalized spacial score (nSPS) is 12.6. The van der Waals surface area contributed by atoms with Gasteiger partial charge in [0.25, 0.3) is 0 Å². The number of ether oxygens (including phenoxy) is 12. The Balaban J connectivity index is 0.000000251. The zero-order valence-electron chi connectivity index (χ0n) is 62.4. The van der Waals surface area contributed by atoms with Crippen LogP contribution in [0, 0.1) is 27.7 Å². The molecule has 0 heterocycles. The molecule has 109 heavy (non-hydrogen) atoms. The molecule has 0 spiro atoms. The molecule has 0 aliphatic heterocycles. The third kappa shape index (κ3) is 21.4. The van der Waals surface area contributed by atoms with Crippen LogP contribution >= 0.6 is 0 Å². The average Bonchev–Trinajstić information content (AvgIpc) is 1.58. The van der Waals surface area contributed by atoms with E-state index in [2.05, 4.69) is 40.2 Å². The summed E-state index contributed by atoms with van der Waals surface area (Å²) in [4.78, 5) is 97.3. The molecule has 20 nitrogen and oxygen atoms in total. The average molecular weight is 1470 g/mol. The van der Waals surface area contributed by atoms with Crippen LogP contribution in [0.25, 0.3) is 46.6 Å². The first kappa shape index (κ1) is 79.8. The molecule has 0 N–H and O–H groups in total. The van der Waals surface area contributed by atoms with Gasteiger partial charge >= 0.3 is 47.8 Å². The van der Waals surface area contributed by atoms with Crippen LogP contribution in [0.1, 0.15) is 121 Å². The van der Waals surface area contributed by atoms with E-state index in [0.717, 1.165) is 89.0 Å². The molecular formula is C89H82O20. The van der Waals surface area contributed by atoms with E-state index in [1.807, 2.05) is 83.1 Å². The van der Waals surface area contributed by atoms with Crippen LogP contribution in [0.5, 0.6) is 46.0 Å². The molecule has 0 aromatic heterocycles. The molecule has 0 amide bonds. The molecular weight excluding hydrogens is 1390 g/mol. The van der Waals surface area contributed by atoms with Gasteiger partial charge < -0.3 is 56.8 Å². The molecule has 8 aromatic carbocycles. The van der Waals surface area contributed by atoms with E-state index in [-0.39, 0.29) is 55.4 Å². The van der Waals surface area contributed by atoms with Gasteiger partial charge in [0.2, 0.25) is 27.2 Å². The fourth-order valence-electron chi connectivity index (χ4n) is 11.4. The maximum absolute atomic E-state index is 12.8. The first-order chi connectivity index (χ1) is 51.9. The van der Waals surface area contributed by atoms with E-state index in [1.165, 1.54) is 24.3 Å². The fraction of sp³-hybridized carbons (Fsp3) is 0.191. The lowest BCUT2D eigenvalue weighted by Crippen LogP contribution is -2.16. The van der Waals surface area contributed by atoms with Crippen LogP contribution in [-0.4, -0.2) is 74.9 Å². The quantitative estimate of drug-likeness (QED) is 0.0145. The minimum atomic E-state index is -0.539. The summed E-state index contributed by atoms with van der Waals surface area (Å²) in [5.74, 6) is -0.647. The lowest BCUT2D eigenvalue weighted by molar-refractivity contribution is -0.146. The van der Waals surface area contributed by atoms with Gasteiger partial charge in [-0.3, -0.25) is 0 Å². The number of hydrogen-bond acceptors (Lipinski definition) is 20. The van der Waals surface area contributed by atoms with Crippen LogP contribution in [0.15, 0.2) is 219 Å². The van der Waals surface area contributed by atoms with Crippen molar-refractivity contribution in [3.8, 4) is 68.2 Å². The standard InChI is InChI=1S/C45H42O10.C44H40O10/c1-27(2)43(48)52-25-50-33-13-9-31(29(5)21-33)11-19-41(46)54-35-15-17-37-38-18-16-36(24-40(38)45(7,8)39(37)23-35)55-42(47)20-12-32-10-14-34(22-30(32)6)51-26-53-44(49)28(3)4;1-26(2)43(47)51-24-49-33-12-8-31(28(5)20-33)10-18-41(45)53-35-14-16-37-38-17-15-36(23-40(38)30(7)39(37)22-35)54-42(46)19-11-32-9-13-34(21-29(32)6)50-25-52-44(48)27(3)4/h9-24H,1,3,25-26H2,2,4-8H3;8-23,30H,1,3,24-25H2,2,4-7H3. The second-order valence-corrected chi connectivity index (χ2v) is 26.2. The van der Waals surface area contributed by atoms with E-state index in [4.69, 9.17) is 56.8 Å². The molecule has 0 atom stereocenters. The molecule has 0 saturated heterocycles. The van der Waals surface area contributed by atoms with Crippen LogP contribution in [0.2, 0.25) is 0 Å². The molecule has 0 bridgehead atoms. The molecule has 0 unspecified atom stereocenters. The Morgan fingerprint density at radius 1 is 0.330 bits per heavy atom. The zero-order valence-corrected chi connectivity index (χ0v) is 62.4. The highest BCUT2D eigenvalue weighted by molar-refractivity contribution is 5.94. The summed E-state index contributed by atoms with van der Waals surface area (Å²) in [6.45, 7) is 33.0. The number of carbonyl (C=O) groups is 8. The van der Waals surface area contributed by atoms with Gasteiger partial charge in [-0.25, -0.2) is 38.4 Å². The fourth-order valence-corrected chi connectivity index (χ4v) is 11.4. The number of benzene rings is 8. The number of esters is 8. The Bertz CT molecular complexity index is 4780. The van der Waals surface area contributed by atoms with Gasteiger partial charge in [-0.05, 0) is 266 Å². The molecule has 558 valence electrons. The van der Waals surface area contributed by atoms with Crippen LogP contribution < -0.4 is 37.9 Å². The van der Waals surface area contributed by atoms with Gasteiger partial charge in [0.15, 0.2) is 0 Å². The molecule has 2 aliphatic carbocycles. The van der Waals surface area contributed by atoms with Crippen LogP contribution in [0.3, 0.4) is 0 Å².